The van der Waals surface area contributed by atoms with E-state index < -0.39 is 0 Å². The molecule has 6 heteroatoms. The topological polar surface area (TPSA) is 69.7 Å². The van der Waals surface area contributed by atoms with Crippen LogP contribution in [0, 0.1) is 5.92 Å². The van der Waals surface area contributed by atoms with Gasteiger partial charge in [-0.15, -0.1) is 0 Å². The Morgan fingerprint density at radius 3 is 2.48 bits per heavy atom. The number of amides is 3. The maximum atomic E-state index is 12.8. The van der Waals surface area contributed by atoms with Crippen molar-refractivity contribution in [2.75, 3.05) is 25.0 Å². The SMILES string of the molecule is O=C(Nc1cccc(C(=O)N2CCN(C3CC3)C(=O)C2)c1)C1CCCCC1. The molecule has 0 atom stereocenters. The van der Waals surface area contributed by atoms with Crippen LogP contribution in [-0.4, -0.2) is 53.2 Å². The summed E-state index contributed by atoms with van der Waals surface area (Å²) in [6, 6.07) is 7.46. The normalized spacial score (nSPS) is 21.3. The van der Waals surface area contributed by atoms with Gasteiger partial charge in [0.05, 0.1) is 0 Å². The second-order valence-corrected chi connectivity index (χ2v) is 7.95. The highest BCUT2D eigenvalue weighted by Gasteiger charge is 2.37. The Morgan fingerprint density at radius 1 is 1.00 bits per heavy atom. The zero-order valence-electron chi connectivity index (χ0n) is 15.7. The van der Waals surface area contributed by atoms with Gasteiger partial charge in [-0.1, -0.05) is 25.3 Å². The molecule has 0 spiro atoms. The molecule has 0 unspecified atom stereocenters. The van der Waals surface area contributed by atoms with E-state index in [0.29, 0.717) is 30.4 Å². The van der Waals surface area contributed by atoms with Crippen LogP contribution in [0.5, 0.6) is 0 Å². The molecule has 2 aliphatic carbocycles. The zero-order chi connectivity index (χ0) is 18.8. The standard InChI is InChI=1S/C21H27N3O3/c25-19-14-23(11-12-24(19)18-9-10-18)21(27)16-7-4-8-17(13-16)22-20(26)15-5-2-1-3-6-15/h4,7-8,13,15,18H,1-3,5-6,9-12,14H2,(H,22,26). The minimum atomic E-state index is -0.146. The fourth-order valence-electron chi connectivity index (χ4n) is 4.15. The van der Waals surface area contributed by atoms with Crippen LogP contribution in [-0.2, 0) is 9.59 Å². The zero-order valence-corrected chi connectivity index (χ0v) is 15.7. The van der Waals surface area contributed by atoms with E-state index >= 15 is 0 Å². The van der Waals surface area contributed by atoms with Crippen molar-refractivity contribution in [2.24, 2.45) is 5.92 Å². The Bertz CT molecular complexity index is 738. The van der Waals surface area contributed by atoms with Crippen LogP contribution >= 0.6 is 0 Å². The van der Waals surface area contributed by atoms with E-state index in [9.17, 15) is 14.4 Å². The largest absolute Gasteiger partial charge is 0.336 e. The molecular formula is C21H27N3O3. The summed E-state index contributed by atoms with van der Waals surface area (Å²) in [6.07, 6.45) is 7.48. The van der Waals surface area contributed by atoms with Crippen LogP contribution in [0.1, 0.15) is 55.3 Å². The molecule has 1 N–H and O–H groups in total. The fourth-order valence-corrected chi connectivity index (χ4v) is 4.15. The Balaban J connectivity index is 1.38. The molecule has 3 aliphatic rings. The van der Waals surface area contributed by atoms with Crippen molar-refractivity contribution in [1.29, 1.82) is 0 Å². The van der Waals surface area contributed by atoms with Crippen molar-refractivity contribution in [1.82, 2.24) is 9.80 Å². The van der Waals surface area contributed by atoms with Crippen LogP contribution in [0.25, 0.3) is 0 Å². The molecule has 27 heavy (non-hydrogen) atoms. The van der Waals surface area contributed by atoms with Gasteiger partial charge in [-0.2, -0.15) is 0 Å². The minimum absolute atomic E-state index is 0.0406. The van der Waals surface area contributed by atoms with Crippen molar-refractivity contribution >= 4 is 23.4 Å². The molecule has 3 amide bonds. The number of hydrogen-bond acceptors (Lipinski definition) is 3. The molecule has 0 aromatic heterocycles. The van der Waals surface area contributed by atoms with Crippen LogP contribution in [0.3, 0.4) is 0 Å². The molecule has 144 valence electrons. The van der Waals surface area contributed by atoms with Gasteiger partial charge in [-0.25, -0.2) is 0 Å². The predicted molar refractivity (Wildman–Crippen MR) is 102 cm³/mol. The van der Waals surface area contributed by atoms with Crippen molar-refractivity contribution in [3.63, 3.8) is 0 Å². The van der Waals surface area contributed by atoms with Crippen molar-refractivity contribution in [3.05, 3.63) is 29.8 Å². The quantitative estimate of drug-likeness (QED) is 0.887. The maximum absolute atomic E-state index is 12.8. The number of rotatable bonds is 4. The summed E-state index contributed by atoms with van der Waals surface area (Å²) >= 11 is 0. The smallest absolute Gasteiger partial charge is 0.254 e. The third kappa shape index (κ3) is 4.15. The van der Waals surface area contributed by atoms with Gasteiger partial charge in [0.1, 0.15) is 6.54 Å². The van der Waals surface area contributed by atoms with Gasteiger partial charge in [0.2, 0.25) is 11.8 Å². The van der Waals surface area contributed by atoms with Crippen molar-refractivity contribution in [3.8, 4) is 0 Å². The number of carbonyl (C=O) groups is 3. The van der Waals surface area contributed by atoms with E-state index in [2.05, 4.69) is 5.32 Å². The van der Waals surface area contributed by atoms with Gasteiger partial charge in [0, 0.05) is 36.3 Å². The maximum Gasteiger partial charge on any atom is 0.254 e. The monoisotopic (exact) mass is 369 g/mol. The van der Waals surface area contributed by atoms with Gasteiger partial charge >= 0.3 is 0 Å². The van der Waals surface area contributed by atoms with Crippen molar-refractivity contribution in [2.45, 2.75) is 51.0 Å². The van der Waals surface area contributed by atoms with E-state index in [0.717, 1.165) is 38.5 Å². The van der Waals surface area contributed by atoms with Gasteiger partial charge in [0.15, 0.2) is 0 Å². The molecular weight excluding hydrogens is 342 g/mol. The average Bonchev–Trinajstić information content (AvgIpc) is 3.53. The number of nitrogens with one attached hydrogen (secondary N) is 1. The highest BCUT2D eigenvalue weighted by Crippen LogP contribution is 2.28. The number of carbonyl (C=O) groups excluding carboxylic acids is 3. The summed E-state index contributed by atoms with van der Waals surface area (Å²) in [5.74, 6) is 0.0187. The molecule has 3 fully saturated rings. The second kappa shape index (κ2) is 7.71. The average molecular weight is 369 g/mol. The molecule has 1 heterocycles. The fraction of sp³-hybridized carbons (Fsp3) is 0.571. The molecule has 4 rings (SSSR count). The summed E-state index contributed by atoms with van der Waals surface area (Å²) in [4.78, 5) is 41.1. The second-order valence-electron chi connectivity index (χ2n) is 7.95. The van der Waals surface area contributed by atoms with E-state index in [-0.39, 0.29) is 30.2 Å². The molecule has 0 bridgehead atoms. The van der Waals surface area contributed by atoms with Crippen LogP contribution < -0.4 is 5.32 Å². The molecule has 2 saturated carbocycles. The Kier molecular flexibility index (Phi) is 5.14. The predicted octanol–water partition coefficient (Wildman–Crippen LogP) is 2.65. The Labute approximate surface area is 159 Å². The van der Waals surface area contributed by atoms with Crippen molar-refractivity contribution < 1.29 is 14.4 Å². The van der Waals surface area contributed by atoms with E-state index in [1.54, 1.807) is 23.1 Å². The Hall–Kier alpha value is -2.37. The molecule has 6 nitrogen and oxygen atoms in total. The number of anilines is 1. The van der Waals surface area contributed by atoms with Gasteiger partial charge in [-0.3, -0.25) is 14.4 Å². The highest BCUT2D eigenvalue weighted by atomic mass is 16.2. The van der Waals surface area contributed by atoms with Crippen LogP contribution in [0.15, 0.2) is 24.3 Å². The summed E-state index contributed by atoms with van der Waals surface area (Å²) in [5, 5.41) is 2.96. The Morgan fingerprint density at radius 2 is 1.78 bits per heavy atom. The van der Waals surface area contributed by atoms with Gasteiger partial charge < -0.3 is 15.1 Å². The minimum Gasteiger partial charge on any atom is -0.336 e. The molecule has 1 aromatic rings. The van der Waals surface area contributed by atoms with E-state index in [1.807, 2.05) is 11.0 Å². The summed E-state index contributed by atoms with van der Waals surface area (Å²) in [6.45, 7) is 1.33. The first-order valence-electron chi connectivity index (χ1n) is 10.1. The number of piperazine rings is 1. The first-order valence-corrected chi connectivity index (χ1v) is 10.1. The third-order valence-electron chi connectivity index (χ3n) is 5.89. The van der Waals surface area contributed by atoms with Gasteiger partial charge in [-0.05, 0) is 43.9 Å². The summed E-state index contributed by atoms with van der Waals surface area (Å²) < 4.78 is 0. The first-order chi connectivity index (χ1) is 13.1. The van der Waals surface area contributed by atoms with Crippen LogP contribution in [0.2, 0.25) is 0 Å². The lowest BCUT2D eigenvalue weighted by Crippen LogP contribution is -2.52. The molecule has 1 aliphatic heterocycles. The number of nitrogens with zero attached hydrogens (tertiary/aromatic N) is 2. The number of hydrogen-bond donors (Lipinski definition) is 1. The third-order valence-corrected chi connectivity index (χ3v) is 5.89. The van der Waals surface area contributed by atoms with Gasteiger partial charge in [0.25, 0.3) is 5.91 Å². The molecule has 1 aromatic carbocycles. The first kappa shape index (κ1) is 18.0. The molecule has 1 saturated heterocycles. The lowest BCUT2D eigenvalue weighted by atomic mass is 9.88. The highest BCUT2D eigenvalue weighted by molar-refractivity contribution is 5.99. The van der Waals surface area contributed by atoms with E-state index in [1.165, 1.54) is 6.42 Å². The summed E-state index contributed by atoms with van der Waals surface area (Å²) in [5.41, 5.74) is 1.17. The lowest BCUT2D eigenvalue weighted by Gasteiger charge is -2.34. The lowest BCUT2D eigenvalue weighted by molar-refractivity contribution is -0.135. The number of benzene rings is 1. The molecule has 0 radical (unpaired) electrons. The summed E-state index contributed by atoms with van der Waals surface area (Å²) in [7, 11) is 0. The van der Waals surface area contributed by atoms with Crippen LogP contribution in [0.4, 0.5) is 5.69 Å². The van der Waals surface area contributed by atoms with E-state index in [4.69, 9.17) is 0 Å².